The van der Waals surface area contributed by atoms with E-state index in [4.69, 9.17) is 9.97 Å². The Bertz CT molecular complexity index is 1480. The van der Waals surface area contributed by atoms with Crippen LogP contribution >= 0.6 is 15.9 Å². The van der Waals surface area contributed by atoms with Crippen molar-refractivity contribution in [1.82, 2.24) is 30.6 Å². The smallest absolute Gasteiger partial charge is 0.124 e. The molecular formula is C29H29BrN6. The lowest BCUT2D eigenvalue weighted by atomic mass is 10.0. The number of benzene rings is 2. The van der Waals surface area contributed by atoms with Crippen LogP contribution < -0.4 is 10.6 Å². The van der Waals surface area contributed by atoms with Crippen LogP contribution in [0.5, 0.6) is 0 Å². The summed E-state index contributed by atoms with van der Waals surface area (Å²) in [4.78, 5) is 16.7. The molecule has 7 rings (SSSR count). The first-order chi connectivity index (χ1) is 17.6. The molecule has 36 heavy (non-hydrogen) atoms. The fourth-order valence-electron chi connectivity index (χ4n) is 5.61. The zero-order valence-corrected chi connectivity index (χ0v) is 21.7. The number of aromatic nitrogens is 4. The number of nitrogens with one attached hydrogen (secondary N) is 4. The van der Waals surface area contributed by atoms with E-state index in [2.05, 4.69) is 90.8 Å². The number of rotatable bonds is 3. The minimum atomic E-state index is 0.307. The van der Waals surface area contributed by atoms with E-state index >= 15 is 0 Å². The van der Waals surface area contributed by atoms with Gasteiger partial charge in [0.25, 0.3) is 0 Å². The maximum Gasteiger partial charge on any atom is 0.124 e. The summed E-state index contributed by atoms with van der Waals surface area (Å²) in [6.07, 6.45) is 7.51. The molecule has 2 unspecified atom stereocenters. The average Bonchev–Trinajstić information content (AvgIpc) is 3.22. The number of imidazole rings is 2. The van der Waals surface area contributed by atoms with Crippen LogP contribution in [0, 0.1) is 17.3 Å². The highest BCUT2D eigenvalue weighted by Crippen LogP contribution is 2.54. The fourth-order valence-corrected chi connectivity index (χ4v) is 6.13. The van der Waals surface area contributed by atoms with Crippen LogP contribution in [0.15, 0.2) is 47.1 Å². The second kappa shape index (κ2) is 8.88. The van der Waals surface area contributed by atoms with Crippen LogP contribution in [0.1, 0.15) is 73.4 Å². The minimum Gasteiger partial charge on any atom is -0.341 e. The van der Waals surface area contributed by atoms with Crippen molar-refractivity contribution in [2.24, 2.45) is 5.41 Å². The van der Waals surface area contributed by atoms with Gasteiger partial charge in [0.2, 0.25) is 0 Å². The number of fused-ring (bicyclic) bond motifs is 1. The molecule has 3 fully saturated rings. The summed E-state index contributed by atoms with van der Waals surface area (Å²) in [5.41, 5.74) is 6.60. The maximum absolute atomic E-state index is 4.88. The van der Waals surface area contributed by atoms with Crippen LogP contribution in [0.2, 0.25) is 0 Å². The second-order valence-corrected chi connectivity index (χ2v) is 11.4. The third kappa shape index (κ3) is 4.28. The van der Waals surface area contributed by atoms with E-state index in [-0.39, 0.29) is 0 Å². The number of piperidine rings is 1. The molecule has 0 amide bonds. The molecule has 2 aromatic carbocycles. The van der Waals surface area contributed by atoms with E-state index in [0.717, 1.165) is 69.2 Å². The molecule has 2 aromatic heterocycles. The lowest BCUT2D eigenvalue weighted by molar-refractivity contribution is 0.399. The quantitative estimate of drug-likeness (QED) is 0.249. The van der Waals surface area contributed by atoms with Crippen LogP contribution in [-0.4, -0.2) is 33.0 Å². The summed E-state index contributed by atoms with van der Waals surface area (Å²) < 4.78 is 0.927. The summed E-state index contributed by atoms with van der Waals surface area (Å²) >= 11 is 3.67. The molecule has 4 aromatic rings. The Morgan fingerprint density at radius 1 is 0.861 bits per heavy atom. The third-order valence-corrected chi connectivity index (χ3v) is 8.55. The molecule has 0 bridgehead atoms. The Morgan fingerprint density at radius 3 is 2.44 bits per heavy atom. The number of aromatic amines is 2. The van der Waals surface area contributed by atoms with Crippen molar-refractivity contribution < 1.29 is 0 Å². The van der Waals surface area contributed by atoms with Gasteiger partial charge in [-0.3, -0.25) is 0 Å². The van der Waals surface area contributed by atoms with E-state index in [9.17, 15) is 0 Å². The predicted molar refractivity (Wildman–Crippen MR) is 145 cm³/mol. The fraction of sp³-hybridized carbons (Fsp3) is 0.379. The largest absolute Gasteiger partial charge is 0.341 e. The summed E-state index contributed by atoms with van der Waals surface area (Å²) in [5.74, 6) is 8.69. The first-order valence-electron chi connectivity index (χ1n) is 13.0. The number of nitrogens with zero attached hydrogens (tertiary/aromatic N) is 2. The van der Waals surface area contributed by atoms with Crippen molar-refractivity contribution in [2.45, 2.75) is 50.6 Å². The van der Waals surface area contributed by atoms with Crippen molar-refractivity contribution in [3.05, 3.63) is 69.8 Å². The van der Waals surface area contributed by atoms with Crippen LogP contribution in [0.3, 0.4) is 0 Å². The molecule has 3 aliphatic rings. The van der Waals surface area contributed by atoms with Gasteiger partial charge in [-0.1, -0.05) is 30.4 Å². The molecule has 7 heteroatoms. The Hall–Kier alpha value is -2.92. The van der Waals surface area contributed by atoms with Gasteiger partial charge in [-0.2, -0.15) is 0 Å². The SMILES string of the molecule is Brc1[nH]c(C2CCCCN2)nc1-c1ccc(C#Cc2ccc3nc(C4CC5(CC5)CN4)[nH]c3c2)cc1. The van der Waals surface area contributed by atoms with Crippen molar-refractivity contribution in [2.75, 3.05) is 13.1 Å². The Kier molecular flexibility index (Phi) is 5.50. The van der Waals surface area contributed by atoms with E-state index < -0.39 is 0 Å². The van der Waals surface area contributed by atoms with Crippen molar-refractivity contribution >= 4 is 27.0 Å². The number of H-pyrrole nitrogens is 2. The highest BCUT2D eigenvalue weighted by Gasteiger charge is 2.49. The maximum atomic E-state index is 4.88. The molecule has 1 saturated carbocycles. The normalized spacial score (nSPS) is 22.6. The molecule has 6 nitrogen and oxygen atoms in total. The second-order valence-electron chi connectivity index (χ2n) is 10.6. The summed E-state index contributed by atoms with van der Waals surface area (Å²) in [6.45, 7) is 2.18. The molecule has 2 saturated heterocycles. The topological polar surface area (TPSA) is 81.4 Å². The first kappa shape index (κ1) is 22.3. The number of hydrogen-bond donors (Lipinski definition) is 4. The summed E-state index contributed by atoms with van der Waals surface area (Å²) in [6, 6.07) is 15.2. The molecule has 182 valence electrons. The van der Waals surface area contributed by atoms with Crippen LogP contribution in [-0.2, 0) is 0 Å². The van der Waals surface area contributed by atoms with Gasteiger partial charge < -0.3 is 20.6 Å². The van der Waals surface area contributed by atoms with Crippen molar-refractivity contribution in [3.8, 4) is 23.1 Å². The van der Waals surface area contributed by atoms with E-state index in [0.29, 0.717) is 17.5 Å². The van der Waals surface area contributed by atoms with E-state index in [1.165, 1.54) is 32.1 Å². The van der Waals surface area contributed by atoms with Gasteiger partial charge in [-0.25, -0.2) is 9.97 Å². The molecule has 4 heterocycles. The Morgan fingerprint density at radius 2 is 1.67 bits per heavy atom. The zero-order chi connectivity index (χ0) is 24.1. The zero-order valence-electron chi connectivity index (χ0n) is 20.1. The molecular weight excluding hydrogens is 512 g/mol. The molecule has 4 N–H and O–H groups in total. The van der Waals surface area contributed by atoms with Crippen LogP contribution in [0.25, 0.3) is 22.3 Å². The van der Waals surface area contributed by atoms with Gasteiger partial charge in [0.05, 0.1) is 23.1 Å². The summed E-state index contributed by atoms with van der Waals surface area (Å²) in [5, 5.41) is 7.21. The molecule has 1 spiro atoms. The molecule has 1 aliphatic carbocycles. The highest BCUT2D eigenvalue weighted by molar-refractivity contribution is 9.10. The van der Waals surface area contributed by atoms with Gasteiger partial charge in [0.15, 0.2) is 0 Å². The standard InChI is InChI=1S/C29H29BrN6/c30-26-25(35-27(36-26)22-3-1-2-14-31-22)20-9-6-18(7-10-20)4-5-19-8-11-21-23(15-19)34-28(33-21)24-16-29(12-13-29)17-32-24/h6-11,15,22,24,31-32H,1-3,12-14,16-17H2,(H,33,34)(H,35,36). The molecule has 2 aliphatic heterocycles. The first-order valence-corrected chi connectivity index (χ1v) is 13.8. The Balaban J connectivity index is 1.07. The third-order valence-electron chi connectivity index (χ3n) is 7.98. The number of hydrogen-bond acceptors (Lipinski definition) is 4. The van der Waals surface area contributed by atoms with Gasteiger partial charge in [0.1, 0.15) is 21.9 Å². The van der Waals surface area contributed by atoms with Crippen LogP contribution in [0.4, 0.5) is 0 Å². The average molecular weight is 541 g/mol. The van der Waals surface area contributed by atoms with E-state index in [1.807, 2.05) is 0 Å². The van der Waals surface area contributed by atoms with Gasteiger partial charge in [-0.05, 0) is 90.3 Å². The van der Waals surface area contributed by atoms with Gasteiger partial charge >= 0.3 is 0 Å². The lowest BCUT2D eigenvalue weighted by Gasteiger charge is -2.21. The Labute approximate surface area is 219 Å². The summed E-state index contributed by atoms with van der Waals surface area (Å²) in [7, 11) is 0. The predicted octanol–water partition coefficient (Wildman–Crippen LogP) is 5.74. The molecule has 2 atom stereocenters. The lowest BCUT2D eigenvalue weighted by Crippen LogP contribution is -2.27. The highest BCUT2D eigenvalue weighted by atomic mass is 79.9. The monoisotopic (exact) mass is 540 g/mol. The van der Waals surface area contributed by atoms with Crippen molar-refractivity contribution in [1.29, 1.82) is 0 Å². The van der Waals surface area contributed by atoms with E-state index in [1.54, 1.807) is 0 Å². The van der Waals surface area contributed by atoms with Gasteiger partial charge in [0, 0.05) is 23.2 Å². The number of halogens is 1. The minimum absolute atomic E-state index is 0.307. The van der Waals surface area contributed by atoms with Crippen molar-refractivity contribution in [3.63, 3.8) is 0 Å². The van der Waals surface area contributed by atoms with Gasteiger partial charge in [-0.15, -0.1) is 0 Å². The molecule has 0 radical (unpaired) electrons.